The number of anilines is 1. The smallest absolute Gasteiger partial charge is 0.325 e. The van der Waals surface area contributed by atoms with Gasteiger partial charge in [-0.05, 0) is 36.8 Å². The largest absolute Gasteiger partial charge is 0.496 e. The molecule has 0 aliphatic heterocycles. The second-order valence-corrected chi connectivity index (χ2v) is 9.01. The highest BCUT2D eigenvalue weighted by molar-refractivity contribution is 7.89. The Labute approximate surface area is 186 Å². The number of ether oxygens (including phenoxy) is 2. The number of methoxy groups -OCH3 is 1. The molecule has 0 aliphatic rings. The van der Waals surface area contributed by atoms with E-state index in [9.17, 15) is 22.8 Å². The lowest BCUT2D eigenvalue weighted by molar-refractivity contribution is -0.146. The van der Waals surface area contributed by atoms with Crippen molar-refractivity contribution in [2.45, 2.75) is 11.8 Å². The fourth-order valence-electron chi connectivity index (χ4n) is 2.57. The van der Waals surface area contributed by atoms with Crippen LogP contribution >= 0.6 is 0 Å². The van der Waals surface area contributed by atoms with Gasteiger partial charge in [0.1, 0.15) is 12.3 Å². The van der Waals surface area contributed by atoms with Crippen LogP contribution in [0.2, 0.25) is 0 Å². The molecule has 0 unspecified atom stereocenters. The Hall–Kier alpha value is -3.44. The Bertz CT molecular complexity index is 1110. The van der Waals surface area contributed by atoms with Gasteiger partial charge in [0.15, 0.2) is 6.61 Å². The lowest BCUT2D eigenvalue weighted by atomic mass is 10.2. The third-order valence-electron chi connectivity index (χ3n) is 4.37. The second kappa shape index (κ2) is 10.7. The number of carbonyl (C=O) groups excluding carboxylic acids is 3. The Kier molecular flexibility index (Phi) is 8.33. The van der Waals surface area contributed by atoms with Gasteiger partial charge in [0.05, 0.1) is 17.6 Å². The second-order valence-electron chi connectivity index (χ2n) is 6.86. The maximum atomic E-state index is 12.3. The molecule has 2 rings (SSSR count). The van der Waals surface area contributed by atoms with Crippen molar-refractivity contribution in [3.05, 3.63) is 53.6 Å². The van der Waals surface area contributed by atoms with Crippen LogP contribution in [-0.4, -0.2) is 64.9 Å². The van der Waals surface area contributed by atoms with Gasteiger partial charge in [-0.25, -0.2) is 12.7 Å². The number of nitrogens with one attached hydrogen (secondary N) is 2. The van der Waals surface area contributed by atoms with Crippen molar-refractivity contribution in [1.29, 1.82) is 0 Å². The van der Waals surface area contributed by atoms with E-state index in [1.807, 2.05) is 0 Å². The number of esters is 1. The summed E-state index contributed by atoms with van der Waals surface area (Å²) in [6.07, 6.45) is 0. The number of para-hydroxylation sites is 1. The molecular weight excluding hydrogens is 438 g/mol. The molecule has 2 amide bonds. The quantitative estimate of drug-likeness (QED) is 0.534. The number of rotatable bonds is 9. The first kappa shape index (κ1) is 24.8. The summed E-state index contributed by atoms with van der Waals surface area (Å²) in [4.78, 5) is 36.2. The summed E-state index contributed by atoms with van der Waals surface area (Å²) in [7, 11) is 0.554. The fraction of sp³-hybridized carbons (Fsp3) is 0.286. The normalized spacial score (nSPS) is 11.0. The molecule has 2 aromatic rings. The summed E-state index contributed by atoms with van der Waals surface area (Å²) in [6, 6.07) is 10.8. The molecule has 11 heteroatoms. The number of hydrogen-bond acceptors (Lipinski definition) is 7. The first-order chi connectivity index (χ1) is 15.1. The van der Waals surface area contributed by atoms with Gasteiger partial charge in [-0.2, -0.15) is 0 Å². The van der Waals surface area contributed by atoms with Crippen molar-refractivity contribution in [2.24, 2.45) is 0 Å². The molecule has 0 aromatic heterocycles. The topological polar surface area (TPSA) is 131 Å². The predicted molar refractivity (Wildman–Crippen MR) is 117 cm³/mol. The first-order valence-corrected chi connectivity index (χ1v) is 10.9. The first-order valence-electron chi connectivity index (χ1n) is 9.46. The Balaban J connectivity index is 1.90. The Morgan fingerprint density at radius 3 is 2.41 bits per heavy atom. The van der Waals surface area contributed by atoms with E-state index in [2.05, 4.69) is 10.6 Å². The van der Waals surface area contributed by atoms with Crippen molar-refractivity contribution in [3.8, 4) is 5.75 Å². The molecular formula is C21H25N3O7S. The summed E-state index contributed by atoms with van der Waals surface area (Å²) in [5.41, 5.74) is 1.16. The number of hydrogen-bond donors (Lipinski definition) is 2. The van der Waals surface area contributed by atoms with Gasteiger partial charge in [0.25, 0.3) is 11.8 Å². The summed E-state index contributed by atoms with van der Waals surface area (Å²) in [6.45, 7) is 0.647. The summed E-state index contributed by atoms with van der Waals surface area (Å²) in [5, 5.41) is 4.91. The van der Waals surface area contributed by atoms with Gasteiger partial charge in [-0.15, -0.1) is 0 Å². The van der Waals surface area contributed by atoms with Crippen LogP contribution in [0.3, 0.4) is 0 Å². The highest BCUT2D eigenvalue weighted by Gasteiger charge is 2.19. The minimum Gasteiger partial charge on any atom is -0.496 e. The SMILES string of the molecule is COc1ccccc1C(=O)NCC(=O)OCC(=O)Nc1cc(S(=O)(=O)N(C)C)ccc1C. The van der Waals surface area contributed by atoms with Crippen molar-refractivity contribution >= 4 is 33.5 Å². The third kappa shape index (κ3) is 6.28. The van der Waals surface area contributed by atoms with Crippen molar-refractivity contribution < 1.29 is 32.3 Å². The van der Waals surface area contributed by atoms with Crippen LogP contribution < -0.4 is 15.4 Å². The Morgan fingerprint density at radius 2 is 1.75 bits per heavy atom. The number of amides is 2. The Morgan fingerprint density at radius 1 is 1.06 bits per heavy atom. The number of nitrogens with zero attached hydrogens (tertiary/aromatic N) is 1. The van der Waals surface area contributed by atoms with Crippen molar-refractivity contribution in [1.82, 2.24) is 9.62 Å². The molecule has 0 bridgehead atoms. The molecule has 0 aliphatic carbocycles. The minimum absolute atomic E-state index is 0.0134. The van der Waals surface area contributed by atoms with E-state index in [-0.39, 0.29) is 16.1 Å². The average Bonchev–Trinajstić information content (AvgIpc) is 2.77. The maximum absolute atomic E-state index is 12.3. The van der Waals surface area contributed by atoms with Gasteiger partial charge in [-0.1, -0.05) is 18.2 Å². The van der Waals surface area contributed by atoms with Crippen LogP contribution in [0.15, 0.2) is 47.4 Å². The molecule has 172 valence electrons. The van der Waals surface area contributed by atoms with E-state index in [4.69, 9.17) is 9.47 Å². The molecule has 10 nitrogen and oxygen atoms in total. The lowest BCUT2D eigenvalue weighted by Crippen LogP contribution is -2.32. The maximum Gasteiger partial charge on any atom is 0.325 e. The molecule has 0 fully saturated rings. The monoisotopic (exact) mass is 463 g/mol. The number of benzene rings is 2. The number of aryl methyl sites for hydroxylation is 1. The van der Waals surface area contributed by atoms with Gasteiger partial charge >= 0.3 is 5.97 Å². The van der Waals surface area contributed by atoms with E-state index in [1.165, 1.54) is 33.3 Å². The molecule has 0 saturated heterocycles. The molecule has 32 heavy (non-hydrogen) atoms. The molecule has 0 heterocycles. The van der Waals surface area contributed by atoms with E-state index in [0.29, 0.717) is 11.3 Å². The predicted octanol–water partition coefficient (Wildman–Crippen LogP) is 1.17. The zero-order valence-electron chi connectivity index (χ0n) is 18.2. The van der Waals surface area contributed by atoms with Gasteiger partial charge in [-0.3, -0.25) is 14.4 Å². The standard InChI is InChI=1S/C21H25N3O7S/c1-14-9-10-15(32(28,29)24(2)3)11-17(14)23-19(25)13-31-20(26)12-22-21(27)16-7-5-6-8-18(16)30-4/h5-11H,12-13H2,1-4H3,(H,22,27)(H,23,25). The van der Waals surface area contributed by atoms with E-state index in [1.54, 1.807) is 37.3 Å². The lowest BCUT2D eigenvalue weighted by Gasteiger charge is -2.14. The molecule has 0 saturated carbocycles. The molecule has 0 atom stereocenters. The fourth-order valence-corrected chi connectivity index (χ4v) is 3.50. The van der Waals surface area contributed by atoms with E-state index < -0.39 is 41.0 Å². The molecule has 2 N–H and O–H groups in total. The summed E-state index contributed by atoms with van der Waals surface area (Å²) >= 11 is 0. The van der Waals surface area contributed by atoms with Crippen LogP contribution in [0.5, 0.6) is 5.75 Å². The zero-order chi connectivity index (χ0) is 23.9. The highest BCUT2D eigenvalue weighted by atomic mass is 32.2. The van der Waals surface area contributed by atoms with E-state index in [0.717, 1.165) is 4.31 Å². The van der Waals surface area contributed by atoms with Crippen molar-refractivity contribution in [3.63, 3.8) is 0 Å². The van der Waals surface area contributed by atoms with Gasteiger partial charge < -0.3 is 20.1 Å². The zero-order valence-corrected chi connectivity index (χ0v) is 19.0. The van der Waals surface area contributed by atoms with Crippen LogP contribution in [0, 0.1) is 6.92 Å². The highest BCUT2D eigenvalue weighted by Crippen LogP contribution is 2.22. The molecule has 0 spiro atoms. The van der Waals surface area contributed by atoms with Crippen molar-refractivity contribution in [2.75, 3.05) is 39.7 Å². The number of carbonyl (C=O) groups is 3. The third-order valence-corrected chi connectivity index (χ3v) is 6.18. The van der Waals surface area contributed by atoms with Gasteiger partial charge in [0.2, 0.25) is 10.0 Å². The van der Waals surface area contributed by atoms with E-state index >= 15 is 0 Å². The molecule has 0 radical (unpaired) electrons. The minimum atomic E-state index is -3.67. The summed E-state index contributed by atoms with van der Waals surface area (Å²) < 4.78 is 35.6. The van der Waals surface area contributed by atoms with Gasteiger partial charge in [0, 0.05) is 19.8 Å². The van der Waals surface area contributed by atoms with Crippen LogP contribution in [0.25, 0.3) is 0 Å². The molecule has 2 aromatic carbocycles. The number of sulfonamides is 1. The van der Waals surface area contributed by atoms with Crippen LogP contribution in [0.4, 0.5) is 5.69 Å². The average molecular weight is 464 g/mol. The van der Waals surface area contributed by atoms with Crippen LogP contribution in [-0.2, 0) is 24.3 Å². The summed E-state index contributed by atoms with van der Waals surface area (Å²) in [5.74, 6) is -1.65. The van der Waals surface area contributed by atoms with Crippen LogP contribution in [0.1, 0.15) is 15.9 Å².